The van der Waals surface area contributed by atoms with Crippen molar-refractivity contribution in [2.45, 2.75) is 60.4 Å². The molecule has 0 aromatic heterocycles. The molecule has 0 saturated heterocycles. The molecular weight excluding hydrogens is 208 g/mol. The summed E-state index contributed by atoms with van der Waals surface area (Å²) in [7, 11) is 0. The maximum absolute atomic E-state index is 5.83. The molecule has 102 valence electrons. The molecule has 0 radical (unpaired) electrons. The molecule has 1 fully saturated rings. The van der Waals surface area contributed by atoms with Gasteiger partial charge in [-0.3, -0.25) is 0 Å². The Morgan fingerprint density at radius 1 is 1.12 bits per heavy atom. The van der Waals surface area contributed by atoms with E-state index >= 15 is 0 Å². The summed E-state index contributed by atoms with van der Waals surface area (Å²) in [6.07, 6.45) is 2.48. The van der Waals surface area contributed by atoms with E-state index in [2.05, 4.69) is 46.9 Å². The van der Waals surface area contributed by atoms with Gasteiger partial charge in [-0.2, -0.15) is 0 Å². The Balaban J connectivity index is 2.25. The summed E-state index contributed by atoms with van der Waals surface area (Å²) < 4.78 is 0. The standard InChI is InChI=1S/C15H32N2/c1-11(2)9-12(10-16)7-8-17-13-14(3,4)15(13,5)6/h11-13,17H,7-10,16H2,1-6H3. The number of rotatable bonds is 7. The molecule has 1 unspecified atom stereocenters. The van der Waals surface area contributed by atoms with Crippen molar-refractivity contribution in [3.8, 4) is 0 Å². The number of hydrogen-bond donors (Lipinski definition) is 2. The van der Waals surface area contributed by atoms with Crippen molar-refractivity contribution in [3.63, 3.8) is 0 Å². The average Bonchev–Trinajstić information content (AvgIpc) is 2.58. The Morgan fingerprint density at radius 3 is 2.00 bits per heavy atom. The van der Waals surface area contributed by atoms with Crippen molar-refractivity contribution >= 4 is 0 Å². The van der Waals surface area contributed by atoms with Crippen LogP contribution in [-0.4, -0.2) is 19.1 Å². The summed E-state index contributed by atoms with van der Waals surface area (Å²) in [6.45, 7) is 16.0. The van der Waals surface area contributed by atoms with Crippen LogP contribution in [0.15, 0.2) is 0 Å². The van der Waals surface area contributed by atoms with E-state index in [0.717, 1.165) is 19.0 Å². The molecule has 2 heteroatoms. The van der Waals surface area contributed by atoms with Crippen molar-refractivity contribution in [1.82, 2.24) is 5.32 Å². The second kappa shape index (κ2) is 5.27. The summed E-state index contributed by atoms with van der Waals surface area (Å²) >= 11 is 0. The van der Waals surface area contributed by atoms with Crippen LogP contribution in [0.1, 0.15) is 54.4 Å². The normalized spacial score (nSPS) is 24.0. The van der Waals surface area contributed by atoms with Crippen molar-refractivity contribution in [1.29, 1.82) is 0 Å². The van der Waals surface area contributed by atoms with Gasteiger partial charge in [0, 0.05) is 6.04 Å². The largest absolute Gasteiger partial charge is 0.330 e. The Hall–Kier alpha value is -0.0800. The van der Waals surface area contributed by atoms with Gasteiger partial charge in [-0.1, -0.05) is 41.5 Å². The molecule has 17 heavy (non-hydrogen) atoms. The third kappa shape index (κ3) is 3.23. The van der Waals surface area contributed by atoms with Gasteiger partial charge in [0.25, 0.3) is 0 Å². The molecule has 1 aliphatic carbocycles. The SMILES string of the molecule is CC(C)CC(CN)CCNC1C(C)(C)C1(C)C. The van der Waals surface area contributed by atoms with Gasteiger partial charge in [0.2, 0.25) is 0 Å². The molecule has 0 bridgehead atoms. The minimum absolute atomic E-state index is 0.448. The second-order valence-corrected chi connectivity index (χ2v) is 7.35. The van der Waals surface area contributed by atoms with Crippen LogP contribution < -0.4 is 11.1 Å². The van der Waals surface area contributed by atoms with Crippen molar-refractivity contribution in [2.75, 3.05) is 13.1 Å². The van der Waals surface area contributed by atoms with Crippen molar-refractivity contribution in [2.24, 2.45) is 28.4 Å². The van der Waals surface area contributed by atoms with E-state index in [-0.39, 0.29) is 0 Å². The molecule has 1 rings (SSSR count). The molecule has 3 N–H and O–H groups in total. The fourth-order valence-corrected chi connectivity index (χ4v) is 3.14. The monoisotopic (exact) mass is 240 g/mol. The lowest BCUT2D eigenvalue weighted by Gasteiger charge is -2.17. The molecule has 0 aromatic rings. The molecule has 2 nitrogen and oxygen atoms in total. The van der Waals surface area contributed by atoms with Crippen LogP contribution in [0.2, 0.25) is 0 Å². The molecule has 0 heterocycles. The average molecular weight is 240 g/mol. The Bertz CT molecular complexity index is 229. The van der Waals surface area contributed by atoms with Crippen LogP contribution in [0.5, 0.6) is 0 Å². The Kier molecular flexibility index (Phi) is 4.65. The molecule has 0 aromatic carbocycles. The highest BCUT2D eigenvalue weighted by Gasteiger charge is 2.64. The van der Waals surface area contributed by atoms with E-state index in [1.165, 1.54) is 12.8 Å². The fraction of sp³-hybridized carbons (Fsp3) is 1.00. The Morgan fingerprint density at radius 2 is 1.65 bits per heavy atom. The van der Waals surface area contributed by atoms with E-state index in [1.807, 2.05) is 0 Å². The molecule has 0 spiro atoms. The molecule has 1 saturated carbocycles. The van der Waals surface area contributed by atoms with Gasteiger partial charge in [0.1, 0.15) is 0 Å². The van der Waals surface area contributed by atoms with Crippen LogP contribution in [-0.2, 0) is 0 Å². The van der Waals surface area contributed by atoms with E-state index in [9.17, 15) is 0 Å². The third-order valence-electron chi connectivity index (χ3n) is 5.06. The highest BCUT2D eigenvalue weighted by molar-refractivity contribution is 5.17. The van der Waals surface area contributed by atoms with Crippen LogP contribution in [0.3, 0.4) is 0 Å². The second-order valence-electron chi connectivity index (χ2n) is 7.35. The summed E-state index contributed by atoms with van der Waals surface area (Å²) in [4.78, 5) is 0. The van der Waals surface area contributed by atoms with Crippen LogP contribution in [0.25, 0.3) is 0 Å². The zero-order valence-corrected chi connectivity index (χ0v) is 12.6. The molecule has 0 amide bonds. The fourth-order valence-electron chi connectivity index (χ4n) is 3.14. The van der Waals surface area contributed by atoms with Crippen LogP contribution in [0.4, 0.5) is 0 Å². The highest BCUT2D eigenvalue weighted by atomic mass is 15.0. The van der Waals surface area contributed by atoms with E-state index in [0.29, 0.717) is 22.8 Å². The zero-order chi connectivity index (χ0) is 13.3. The summed E-state index contributed by atoms with van der Waals surface area (Å²) in [5, 5.41) is 3.72. The number of hydrogen-bond acceptors (Lipinski definition) is 2. The van der Waals surface area contributed by atoms with E-state index < -0.39 is 0 Å². The molecular formula is C15H32N2. The first-order chi connectivity index (χ1) is 7.73. The van der Waals surface area contributed by atoms with E-state index in [1.54, 1.807) is 0 Å². The minimum Gasteiger partial charge on any atom is -0.330 e. The lowest BCUT2D eigenvalue weighted by Crippen LogP contribution is -2.27. The summed E-state index contributed by atoms with van der Waals surface area (Å²) in [5.74, 6) is 1.45. The van der Waals surface area contributed by atoms with Crippen molar-refractivity contribution < 1.29 is 0 Å². The van der Waals surface area contributed by atoms with Gasteiger partial charge >= 0.3 is 0 Å². The molecule has 0 aliphatic heterocycles. The quantitative estimate of drug-likeness (QED) is 0.718. The van der Waals surface area contributed by atoms with Gasteiger partial charge in [-0.25, -0.2) is 0 Å². The lowest BCUT2D eigenvalue weighted by atomic mass is 9.94. The van der Waals surface area contributed by atoms with Gasteiger partial charge < -0.3 is 11.1 Å². The predicted molar refractivity (Wildman–Crippen MR) is 76.0 cm³/mol. The van der Waals surface area contributed by atoms with E-state index in [4.69, 9.17) is 5.73 Å². The molecule has 1 atom stereocenters. The molecule has 1 aliphatic rings. The van der Waals surface area contributed by atoms with Gasteiger partial charge in [0.05, 0.1) is 0 Å². The minimum atomic E-state index is 0.448. The first kappa shape index (κ1) is 15.0. The maximum atomic E-state index is 5.83. The van der Waals surface area contributed by atoms with Gasteiger partial charge in [-0.15, -0.1) is 0 Å². The zero-order valence-electron chi connectivity index (χ0n) is 12.6. The number of nitrogens with two attached hydrogens (primary N) is 1. The predicted octanol–water partition coefficient (Wildman–Crippen LogP) is 3.02. The number of nitrogens with one attached hydrogen (secondary N) is 1. The van der Waals surface area contributed by atoms with Crippen LogP contribution in [0, 0.1) is 22.7 Å². The van der Waals surface area contributed by atoms with Crippen LogP contribution >= 0.6 is 0 Å². The smallest absolute Gasteiger partial charge is 0.0181 e. The topological polar surface area (TPSA) is 38.0 Å². The van der Waals surface area contributed by atoms with Crippen molar-refractivity contribution in [3.05, 3.63) is 0 Å². The first-order valence-corrected chi connectivity index (χ1v) is 7.17. The lowest BCUT2D eigenvalue weighted by molar-refractivity contribution is 0.380. The van der Waals surface area contributed by atoms with Gasteiger partial charge in [0.15, 0.2) is 0 Å². The summed E-state index contributed by atoms with van der Waals surface area (Å²) in [5.41, 5.74) is 6.73. The first-order valence-electron chi connectivity index (χ1n) is 7.17. The summed E-state index contributed by atoms with van der Waals surface area (Å²) in [6, 6.07) is 0.674. The maximum Gasteiger partial charge on any atom is 0.0181 e. The highest BCUT2D eigenvalue weighted by Crippen LogP contribution is 2.62. The van der Waals surface area contributed by atoms with Gasteiger partial charge in [-0.05, 0) is 48.6 Å². The third-order valence-corrected chi connectivity index (χ3v) is 5.06. The Labute approximate surface area is 108 Å².